The predicted octanol–water partition coefficient (Wildman–Crippen LogP) is 5.04. The van der Waals surface area contributed by atoms with Crippen LogP contribution < -0.4 is 15.9 Å². The largest absolute Gasteiger partial charge is 0.501 e. The van der Waals surface area contributed by atoms with Crippen molar-refractivity contribution in [1.82, 2.24) is 39.5 Å². The molecule has 0 saturated carbocycles. The van der Waals surface area contributed by atoms with Crippen LogP contribution in [0, 0.1) is 11.6 Å². The molecular formula is C36H32F2N8O6. The number of hydrogen-bond acceptors (Lipinski definition) is 12. The summed E-state index contributed by atoms with van der Waals surface area (Å²) in [5, 5.41) is 25.4. The zero-order valence-corrected chi connectivity index (χ0v) is 27.1. The van der Waals surface area contributed by atoms with Crippen LogP contribution in [0.3, 0.4) is 0 Å². The first-order valence-corrected chi connectivity index (χ1v) is 15.3. The van der Waals surface area contributed by atoms with Gasteiger partial charge in [-0.2, -0.15) is 0 Å². The Morgan fingerprint density at radius 1 is 0.654 bits per heavy atom. The Morgan fingerprint density at radius 3 is 1.67 bits per heavy atom. The van der Waals surface area contributed by atoms with Crippen LogP contribution in [-0.4, -0.2) is 44.6 Å². The topological polar surface area (TPSA) is 177 Å². The number of halogens is 2. The molecule has 0 atom stereocenters. The Morgan fingerprint density at radius 2 is 1.13 bits per heavy atom. The van der Waals surface area contributed by atoms with Crippen LogP contribution in [0.2, 0.25) is 0 Å². The van der Waals surface area contributed by atoms with E-state index in [1.54, 1.807) is 31.3 Å². The predicted molar refractivity (Wildman–Crippen MR) is 183 cm³/mol. The summed E-state index contributed by atoms with van der Waals surface area (Å²) in [5.41, 5.74) is 1.67. The van der Waals surface area contributed by atoms with Gasteiger partial charge in [-0.05, 0) is 41.0 Å². The maximum atomic E-state index is 13.1. The van der Waals surface area contributed by atoms with Crippen LogP contribution in [0.15, 0.2) is 110 Å². The van der Waals surface area contributed by atoms with E-state index in [1.165, 1.54) is 48.5 Å². The fraction of sp³-hybridized carbons (Fsp3) is 0.167. The molecule has 4 aromatic heterocycles. The van der Waals surface area contributed by atoms with E-state index in [0.717, 1.165) is 21.3 Å². The highest BCUT2D eigenvalue weighted by Gasteiger charge is 2.21. The molecule has 0 saturated heterocycles. The van der Waals surface area contributed by atoms with Crippen LogP contribution in [0.25, 0.3) is 23.2 Å². The van der Waals surface area contributed by atoms with Crippen molar-refractivity contribution in [2.45, 2.75) is 26.9 Å². The monoisotopic (exact) mass is 710 g/mol. The number of ether oxygens (including phenoxy) is 1. The molecule has 3 aromatic carbocycles. The molecule has 266 valence electrons. The number of aryl methyl sites for hydroxylation is 2. The molecular weight excluding hydrogens is 678 g/mol. The lowest BCUT2D eigenvalue weighted by Gasteiger charge is -2.09. The van der Waals surface area contributed by atoms with E-state index >= 15 is 0 Å². The third-order valence-corrected chi connectivity index (χ3v) is 7.30. The van der Waals surface area contributed by atoms with Gasteiger partial charge in [-0.25, -0.2) is 18.7 Å². The normalized spacial score (nSPS) is 10.6. The molecule has 0 amide bonds. The van der Waals surface area contributed by atoms with E-state index in [1.807, 2.05) is 30.3 Å². The Balaban J connectivity index is 0.000000205. The van der Waals surface area contributed by atoms with Crippen molar-refractivity contribution in [3.8, 4) is 34.7 Å². The molecule has 0 aliphatic rings. The van der Waals surface area contributed by atoms with Gasteiger partial charge in [-0.3, -0.25) is 18.7 Å². The summed E-state index contributed by atoms with van der Waals surface area (Å²) in [7, 11) is 3.05. The zero-order valence-electron chi connectivity index (χ0n) is 27.1. The summed E-state index contributed by atoms with van der Waals surface area (Å²) in [6.07, 6.45) is 3.26. The molecule has 14 nitrogen and oxygen atoms in total. The minimum absolute atomic E-state index is 0. The smallest absolute Gasteiger partial charge is 0.296 e. The first-order chi connectivity index (χ1) is 24.6. The van der Waals surface area contributed by atoms with Crippen molar-refractivity contribution in [3.63, 3.8) is 0 Å². The highest BCUT2D eigenvalue weighted by Crippen LogP contribution is 2.25. The lowest BCUT2D eigenvalue weighted by molar-refractivity contribution is 0.298. The van der Waals surface area contributed by atoms with E-state index in [0.29, 0.717) is 18.7 Å². The summed E-state index contributed by atoms with van der Waals surface area (Å²) in [4.78, 5) is 32.4. The fourth-order valence-electron chi connectivity index (χ4n) is 4.61. The summed E-state index contributed by atoms with van der Waals surface area (Å²) in [5.74, 6) is -0.534. The third-order valence-electron chi connectivity index (χ3n) is 7.30. The molecule has 0 unspecified atom stereocenters. The van der Waals surface area contributed by atoms with Crippen molar-refractivity contribution < 1.29 is 27.5 Å². The van der Waals surface area contributed by atoms with Gasteiger partial charge in [0.15, 0.2) is 11.4 Å². The molecule has 52 heavy (non-hydrogen) atoms. The number of hydrogen-bond donors (Lipinski definition) is 1. The van der Waals surface area contributed by atoms with Gasteiger partial charge in [0.25, 0.3) is 22.9 Å². The SMILES string of the molecule is C.Cn1cnc(-c2nnc(Cc3ccc(F)cc3)o2)c(O)c1=O.Cn1cnc(-c2nnc(Cc3ccc(F)cc3)o2)c(OCc2ccccc2)c1=O. The van der Waals surface area contributed by atoms with Crippen LogP contribution in [-0.2, 0) is 33.5 Å². The van der Waals surface area contributed by atoms with Gasteiger partial charge in [0.2, 0.25) is 23.3 Å². The quantitative estimate of drug-likeness (QED) is 0.211. The summed E-state index contributed by atoms with van der Waals surface area (Å²) < 4.78 is 45.2. The van der Waals surface area contributed by atoms with E-state index < -0.39 is 11.3 Å². The van der Waals surface area contributed by atoms with Crippen LogP contribution >= 0.6 is 0 Å². The van der Waals surface area contributed by atoms with Gasteiger partial charge in [0, 0.05) is 14.1 Å². The first kappa shape index (κ1) is 36.4. The molecule has 0 radical (unpaired) electrons. The summed E-state index contributed by atoms with van der Waals surface area (Å²) >= 11 is 0. The van der Waals surface area contributed by atoms with Crippen molar-refractivity contribution in [2.24, 2.45) is 14.1 Å². The average Bonchev–Trinajstić information content (AvgIpc) is 3.80. The molecule has 16 heteroatoms. The van der Waals surface area contributed by atoms with Gasteiger partial charge in [0.1, 0.15) is 18.2 Å². The minimum Gasteiger partial charge on any atom is -0.501 e. The van der Waals surface area contributed by atoms with E-state index in [9.17, 15) is 23.5 Å². The molecule has 0 aliphatic carbocycles. The van der Waals surface area contributed by atoms with Crippen molar-refractivity contribution in [2.75, 3.05) is 0 Å². The standard InChI is InChI=1S/C21H17FN4O3.C14H11FN4O3.CH4/c1-26-13-23-18(19(21(26)27)28-12-15-5-3-2-4-6-15)20-25-24-17(29-20)11-14-7-9-16(22)10-8-14;1-19-7-16-11(12(20)14(19)21)13-18-17-10(22-13)6-8-2-4-9(15)5-3-8;/h2-10,13H,11-12H2,1H3;2-5,7,20H,6H2,1H3;1H4. The molecule has 0 fully saturated rings. The number of rotatable bonds is 9. The van der Waals surface area contributed by atoms with E-state index in [2.05, 4.69) is 30.4 Å². The molecule has 0 bridgehead atoms. The Bertz CT molecular complexity index is 2370. The van der Waals surface area contributed by atoms with Gasteiger partial charge < -0.3 is 18.7 Å². The number of aromatic nitrogens is 8. The third kappa shape index (κ3) is 8.65. The van der Waals surface area contributed by atoms with Crippen LogP contribution in [0.4, 0.5) is 8.78 Å². The lowest BCUT2D eigenvalue weighted by Crippen LogP contribution is -2.20. The lowest BCUT2D eigenvalue weighted by atomic mass is 10.1. The van der Waals surface area contributed by atoms with Crippen molar-refractivity contribution >= 4 is 0 Å². The number of nitrogens with zero attached hydrogens (tertiary/aromatic N) is 8. The van der Waals surface area contributed by atoms with E-state index in [4.69, 9.17) is 13.6 Å². The van der Waals surface area contributed by atoms with Crippen molar-refractivity contribution in [1.29, 1.82) is 0 Å². The van der Waals surface area contributed by atoms with Crippen LogP contribution in [0.1, 0.15) is 35.9 Å². The zero-order chi connectivity index (χ0) is 35.9. The minimum atomic E-state index is -0.608. The number of aromatic hydroxyl groups is 1. The second-order valence-electron chi connectivity index (χ2n) is 11.1. The van der Waals surface area contributed by atoms with Gasteiger partial charge in [-0.15, -0.1) is 20.4 Å². The molecule has 7 rings (SSSR count). The summed E-state index contributed by atoms with van der Waals surface area (Å²) in [6.45, 7) is 0.200. The van der Waals surface area contributed by atoms with Gasteiger partial charge >= 0.3 is 0 Å². The highest BCUT2D eigenvalue weighted by atomic mass is 19.1. The van der Waals surface area contributed by atoms with Gasteiger partial charge in [-0.1, -0.05) is 62.0 Å². The van der Waals surface area contributed by atoms with E-state index in [-0.39, 0.29) is 66.0 Å². The average molecular weight is 711 g/mol. The Labute approximate surface area is 294 Å². The molecule has 0 aliphatic heterocycles. The Kier molecular flexibility index (Phi) is 11.4. The van der Waals surface area contributed by atoms with Gasteiger partial charge in [0.05, 0.1) is 25.5 Å². The first-order valence-electron chi connectivity index (χ1n) is 15.3. The number of benzene rings is 3. The second kappa shape index (κ2) is 16.2. The molecule has 1 N–H and O–H groups in total. The molecule has 7 aromatic rings. The highest BCUT2D eigenvalue weighted by molar-refractivity contribution is 5.56. The van der Waals surface area contributed by atoms with Crippen molar-refractivity contribution in [3.05, 3.63) is 152 Å². The fourth-order valence-corrected chi connectivity index (χ4v) is 4.61. The maximum absolute atomic E-state index is 13.1. The summed E-state index contributed by atoms with van der Waals surface area (Å²) in [6, 6.07) is 21.4. The maximum Gasteiger partial charge on any atom is 0.296 e. The second-order valence-corrected chi connectivity index (χ2v) is 11.1. The van der Waals surface area contributed by atoms with Crippen LogP contribution in [0.5, 0.6) is 11.5 Å². The Hall–Kier alpha value is -6.84. The molecule has 4 heterocycles. The molecule has 0 spiro atoms.